The van der Waals surface area contributed by atoms with E-state index in [9.17, 15) is 4.79 Å². The third-order valence-corrected chi connectivity index (χ3v) is 5.17. The fourth-order valence-corrected chi connectivity index (χ4v) is 3.54. The summed E-state index contributed by atoms with van der Waals surface area (Å²) in [6.45, 7) is 5.82. The summed E-state index contributed by atoms with van der Waals surface area (Å²) in [6, 6.07) is 14.9. The molecule has 0 spiro atoms. The second kappa shape index (κ2) is 8.41. The maximum Gasteiger partial charge on any atom is 0.263 e. The Morgan fingerprint density at radius 1 is 1.10 bits per heavy atom. The van der Waals surface area contributed by atoms with Gasteiger partial charge in [-0.05, 0) is 48.9 Å². The molecule has 2 heterocycles. The van der Waals surface area contributed by atoms with Crippen LogP contribution in [0.5, 0.6) is 17.2 Å². The number of carbonyl (C=O) groups excluding carboxylic acids is 1. The van der Waals surface area contributed by atoms with Crippen LogP contribution >= 0.6 is 0 Å². The van der Waals surface area contributed by atoms with Gasteiger partial charge in [-0.1, -0.05) is 6.07 Å². The number of nitrogens with zero attached hydrogens (tertiary/aromatic N) is 3. The van der Waals surface area contributed by atoms with Gasteiger partial charge in [0, 0.05) is 32.7 Å². The molecule has 2 aromatic rings. The van der Waals surface area contributed by atoms with E-state index in [-0.39, 0.29) is 12.7 Å². The van der Waals surface area contributed by atoms with E-state index in [1.165, 1.54) is 5.56 Å². The van der Waals surface area contributed by atoms with Crippen molar-refractivity contribution in [3.05, 3.63) is 53.6 Å². The van der Waals surface area contributed by atoms with Crippen LogP contribution in [0.2, 0.25) is 0 Å². The molecule has 7 nitrogen and oxygen atoms in total. The molecule has 1 fully saturated rings. The van der Waals surface area contributed by atoms with Crippen LogP contribution in [0, 0.1) is 11.3 Å². The quantitative estimate of drug-likeness (QED) is 0.777. The zero-order chi connectivity index (χ0) is 20.2. The van der Waals surface area contributed by atoms with Gasteiger partial charge in [0.2, 0.25) is 6.79 Å². The van der Waals surface area contributed by atoms with Crippen LogP contribution in [0.25, 0.3) is 0 Å². The Labute approximate surface area is 170 Å². The number of hydrogen-bond acceptors (Lipinski definition) is 6. The van der Waals surface area contributed by atoms with Crippen molar-refractivity contribution >= 4 is 5.91 Å². The number of nitriles is 1. The van der Waals surface area contributed by atoms with Gasteiger partial charge in [-0.15, -0.1) is 0 Å². The summed E-state index contributed by atoms with van der Waals surface area (Å²) in [6.07, 6.45) is -0.566. The molecule has 0 bridgehead atoms. The molecule has 1 amide bonds. The highest BCUT2D eigenvalue weighted by Gasteiger charge is 2.26. The molecule has 2 aliphatic rings. The van der Waals surface area contributed by atoms with Crippen molar-refractivity contribution in [1.29, 1.82) is 5.26 Å². The molecule has 0 N–H and O–H groups in total. The first-order chi connectivity index (χ1) is 14.1. The standard InChI is InChI=1S/C22H23N3O4/c1-16(29-19-5-2-17(13-23)3-6-19)22(26)25-10-8-24(9-11-25)14-18-4-7-20-21(12-18)28-15-27-20/h2-7,12,16H,8-11,14-15H2,1H3. The molecular formula is C22H23N3O4. The molecule has 1 saturated heterocycles. The highest BCUT2D eigenvalue weighted by Crippen LogP contribution is 2.32. The number of benzene rings is 2. The van der Waals surface area contributed by atoms with Crippen LogP contribution in [0.3, 0.4) is 0 Å². The molecule has 4 rings (SSSR count). The lowest BCUT2D eigenvalue weighted by Crippen LogP contribution is -2.51. The van der Waals surface area contributed by atoms with Gasteiger partial charge >= 0.3 is 0 Å². The maximum absolute atomic E-state index is 12.7. The van der Waals surface area contributed by atoms with Crippen LogP contribution in [-0.4, -0.2) is 54.8 Å². The number of piperazine rings is 1. The SMILES string of the molecule is CC(Oc1ccc(C#N)cc1)C(=O)N1CCN(Cc2ccc3c(c2)OCO3)CC1. The van der Waals surface area contributed by atoms with Crippen molar-refractivity contribution in [3.8, 4) is 23.3 Å². The third kappa shape index (κ3) is 4.44. The summed E-state index contributed by atoms with van der Waals surface area (Å²) in [5, 5.41) is 8.86. The molecule has 0 aromatic heterocycles. The summed E-state index contributed by atoms with van der Waals surface area (Å²) in [5.41, 5.74) is 1.74. The average molecular weight is 393 g/mol. The number of amides is 1. The maximum atomic E-state index is 12.7. The lowest BCUT2D eigenvalue weighted by molar-refractivity contribution is -0.139. The normalized spacial score (nSPS) is 16.9. The highest BCUT2D eigenvalue weighted by atomic mass is 16.7. The molecule has 0 aliphatic carbocycles. The molecule has 150 valence electrons. The van der Waals surface area contributed by atoms with E-state index in [0.29, 0.717) is 24.4 Å². The van der Waals surface area contributed by atoms with E-state index in [4.69, 9.17) is 19.5 Å². The monoisotopic (exact) mass is 393 g/mol. The molecule has 0 saturated carbocycles. The van der Waals surface area contributed by atoms with Gasteiger partial charge in [0.05, 0.1) is 11.6 Å². The Morgan fingerprint density at radius 2 is 1.83 bits per heavy atom. The number of rotatable bonds is 5. The summed E-state index contributed by atoms with van der Waals surface area (Å²) < 4.78 is 16.5. The lowest BCUT2D eigenvalue weighted by Gasteiger charge is -2.35. The topological polar surface area (TPSA) is 75.0 Å². The second-order valence-electron chi connectivity index (χ2n) is 7.19. The Kier molecular flexibility index (Phi) is 5.54. The first-order valence-corrected chi connectivity index (χ1v) is 9.69. The minimum Gasteiger partial charge on any atom is -0.481 e. The minimum atomic E-state index is -0.566. The van der Waals surface area contributed by atoms with Crippen molar-refractivity contribution in [2.45, 2.75) is 19.6 Å². The summed E-state index contributed by atoms with van der Waals surface area (Å²) in [5.74, 6) is 2.16. The van der Waals surface area contributed by atoms with Gasteiger partial charge < -0.3 is 19.1 Å². The smallest absolute Gasteiger partial charge is 0.263 e. The van der Waals surface area contributed by atoms with Gasteiger partial charge in [0.15, 0.2) is 17.6 Å². The van der Waals surface area contributed by atoms with E-state index < -0.39 is 6.10 Å². The molecule has 2 aromatic carbocycles. The van der Waals surface area contributed by atoms with Crippen LogP contribution in [-0.2, 0) is 11.3 Å². The third-order valence-electron chi connectivity index (χ3n) is 5.17. The first-order valence-electron chi connectivity index (χ1n) is 9.69. The molecule has 1 atom stereocenters. The first kappa shape index (κ1) is 19.1. The number of fused-ring (bicyclic) bond motifs is 1. The van der Waals surface area contributed by atoms with E-state index in [1.807, 2.05) is 17.0 Å². The zero-order valence-corrected chi connectivity index (χ0v) is 16.3. The molecule has 7 heteroatoms. The van der Waals surface area contributed by atoms with Crippen molar-refractivity contribution in [2.75, 3.05) is 33.0 Å². The van der Waals surface area contributed by atoms with Crippen molar-refractivity contribution in [2.24, 2.45) is 0 Å². The Hall–Kier alpha value is -3.24. The van der Waals surface area contributed by atoms with Crippen molar-refractivity contribution < 1.29 is 19.0 Å². The summed E-state index contributed by atoms with van der Waals surface area (Å²) >= 11 is 0. The largest absolute Gasteiger partial charge is 0.481 e. The van der Waals surface area contributed by atoms with Gasteiger partial charge in [-0.25, -0.2) is 0 Å². The Balaban J connectivity index is 1.27. The second-order valence-corrected chi connectivity index (χ2v) is 7.19. The van der Waals surface area contributed by atoms with Crippen molar-refractivity contribution in [1.82, 2.24) is 9.80 Å². The fraction of sp³-hybridized carbons (Fsp3) is 0.364. The van der Waals surface area contributed by atoms with Gasteiger partial charge in [-0.3, -0.25) is 9.69 Å². The van der Waals surface area contributed by atoms with E-state index in [1.54, 1.807) is 31.2 Å². The summed E-state index contributed by atoms with van der Waals surface area (Å²) in [4.78, 5) is 16.9. The Morgan fingerprint density at radius 3 is 2.55 bits per heavy atom. The minimum absolute atomic E-state index is 0.0166. The number of hydrogen-bond donors (Lipinski definition) is 0. The highest BCUT2D eigenvalue weighted by molar-refractivity contribution is 5.81. The zero-order valence-electron chi connectivity index (χ0n) is 16.3. The molecule has 1 unspecified atom stereocenters. The number of carbonyl (C=O) groups is 1. The molecule has 2 aliphatic heterocycles. The average Bonchev–Trinajstić information content (AvgIpc) is 3.22. The summed E-state index contributed by atoms with van der Waals surface area (Å²) in [7, 11) is 0. The number of ether oxygens (including phenoxy) is 3. The van der Waals surface area contributed by atoms with Crippen LogP contribution in [0.4, 0.5) is 0 Å². The van der Waals surface area contributed by atoms with Crippen LogP contribution in [0.15, 0.2) is 42.5 Å². The van der Waals surface area contributed by atoms with E-state index >= 15 is 0 Å². The Bertz CT molecular complexity index is 915. The van der Waals surface area contributed by atoms with Crippen molar-refractivity contribution in [3.63, 3.8) is 0 Å². The predicted molar refractivity (Wildman–Crippen MR) is 106 cm³/mol. The molecule has 0 radical (unpaired) electrons. The van der Waals surface area contributed by atoms with Gasteiger partial charge in [0.25, 0.3) is 5.91 Å². The predicted octanol–water partition coefficient (Wildman–Crippen LogP) is 2.40. The molecular weight excluding hydrogens is 370 g/mol. The lowest BCUT2D eigenvalue weighted by atomic mass is 10.1. The van der Waals surface area contributed by atoms with E-state index in [0.717, 1.165) is 31.1 Å². The van der Waals surface area contributed by atoms with E-state index in [2.05, 4.69) is 17.0 Å². The van der Waals surface area contributed by atoms with Crippen LogP contribution < -0.4 is 14.2 Å². The fourth-order valence-electron chi connectivity index (χ4n) is 3.54. The van der Waals surface area contributed by atoms with Gasteiger partial charge in [-0.2, -0.15) is 5.26 Å². The molecule has 29 heavy (non-hydrogen) atoms. The van der Waals surface area contributed by atoms with Crippen LogP contribution in [0.1, 0.15) is 18.1 Å². The van der Waals surface area contributed by atoms with Gasteiger partial charge in [0.1, 0.15) is 5.75 Å².